The fourth-order valence-corrected chi connectivity index (χ4v) is 2.40. The van der Waals surface area contributed by atoms with E-state index in [1.807, 2.05) is 6.07 Å². The topological polar surface area (TPSA) is 55.5 Å². The highest BCUT2D eigenvalue weighted by atomic mass is 19.1. The average molecular weight is 259 g/mol. The van der Waals surface area contributed by atoms with E-state index < -0.39 is 0 Å². The molecule has 0 aliphatic carbocycles. The number of phenolic OH excluding ortho intramolecular Hbond substituents is 1. The lowest BCUT2D eigenvalue weighted by atomic mass is 9.93. The van der Waals surface area contributed by atoms with Gasteiger partial charge in [0.15, 0.2) is 0 Å². The Labute approximate surface area is 110 Å². The summed E-state index contributed by atoms with van der Waals surface area (Å²) >= 11 is 0. The second-order valence-electron chi connectivity index (χ2n) is 4.73. The van der Waals surface area contributed by atoms with Crippen molar-refractivity contribution in [2.24, 2.45) is 5.73 Å². The van der Waals surface area contributed by atoms with E-state index in [9.17, 15) is 9.50 Å². The summed E-state index contributed by atoms with van der Waals surface area (Å²) in [6, 6.07) is 11.1. The van der Waals surface area contributed by atoms with Gasteiger partial charge in [0.1, 0.15) is 23.4 Å². The lowest BCUT2D eigenvalue weighted by molar-refractivity contribution is 0.160. The Kier molecular flexibility index (Phi) is 2.87. The number of ether oxygens (including phenoxy) is 1. The Morgan fingerprint density at radius 3 is 2.84 bits per heavy atom. The lowest BCUT2D eigenvalue weighted by Gasteiger charge is -2.30. The van der Waals surface area contributed by atoms with Crippen LogP contribution in [0.5, 0.6) is 11.5 Å². The molecule has 2 aromatic rings. The number of fused-ring (bicyclic) bond motifs is 1. The third-order valence-electron chi connectivity index (χ3n) is 3.35. The van der Waals surface area contributed by atoms with Crippen LogP contribution in [0.15, 0.2) is 42.5 Å². The van der Waals surface area contributed by atoms with Crippen LogP contribution in [0.4, 0.5) is 4.39 Å². The largest absolute Gasteiger partial charge is 0.508 e. The van der Waals surface area contributed by atoms with Gasteiger partial charge in [-0.25, -0.2) is 4.39 Å². The van der Waals surface area contributed by atoms with Crippen molar-refractivity contribution in [1.29, 1.82) is 0 Å². The van der Waals surface area contributed by atoms with Crippen molar-refractivity contribution in [3.8, 4) is 11.5 Å². The lowest BCUT2D eigenvalue weighted by Crippen LogP contribution is -2.24. The minimum Gasteiger partial charge on any atom is -0.508 e. The van der Waals surface area contributed by atoms with Crippen molar-refractivity contribution in [3.63, 3.8) is 0 Å². The van der Waals surface area contributed by atoms with Crippen molar-refractivity contribution >= 4 is 0 Å². The third kappa shape index (κ3) is 2.27. The summed E-state index contributed by atoms with van der Waals surface area (Å²) in [5.41, 5.74) is 7.75. The average Bonchev–Trinajstić information content (AvgIpc) is 2.38. The fraction of sp³-hybridized carbons (Fsp3) is 0.200. The number of hydrogen-bond acceptors (Lipinski definition) is 3. The van der Waals surface area contributed by atoms with Crippen LogP contribution in [0.3, 0.4) is 0 Å². The maximum Gasteiger partial charge on any atom is 0.127 e. The Hall–Kier alpha value is -2.07. The van der Waals surface area contributed by atoms with E-state index in [2.05, 4.69) is 0 Å². The maximum absolute atomic E-state index is 13.3. The van der Waals surface area contributed by atoms with Crippen LogP contribution in [0.1, 0.15) is 29.7 Å². The summed E-state index contributed by atoms with van der Waals surface area (Å²) in [5.74, 6) is 0.314. The summed E-state index contributed by atoms with van der Waals surface area (Å²) in [5, 5.41) is 9.50. The van der Waals surface area contributed by atoms with Crippen LogP contribution >= 0.6 is 0 Å². The highest BCUT2D eigenvalue weighted by molar-refractivity contribution is 5.40. The van der Waals surface area contributed by atoms with Gasteiger partial charge in [0.2, 0.25) is 0 Å². The van der Waals surface area contributed by atoms with Crippen molar-refractivity contribution in [3.05, 3.63) is 59.4 Å². The number of rotatable bonds is 1. The van der Waals surface area contributed by atoms with Crippen molar-refractivity contribution in [2.45, 2.75) is 18.6 Å². The molecule has 1 aliphatic rings. The van der Waals surface area contributed by atoms with Gasteiger partial charge in [0.25, 0.3) is 0 Å². The third-order valence-corrected chi connectivity index (χ3v) is 3.35. The number of nitrogens with two attached hydrogens (primary N) is 1. The number of phenols is 1. The molecule has 0 amide bonds. The predicted molar refractivity (Wildman–Crippen MR) is 69.4 cm³/mol. The monoisotopic (exact) mass is 259 g/mol. The summed E-state index contributed by atoms with van der Waals surface area (Å²) in [6.45, 7) is 0. The molecule has 0 saturated heterocycles. The number of aromatic hydroxyl groups is 1. The van der Waals surface area contributed by atoms with Gasteiger partial charge in [-0.05, 0) is 23.8 Å². The molecule has 1 aliphatic heterocycles. The first-order chi connectivity index (χ1) is 9.13. The molecular formula is C15H14FNO2. The molecule has 3 nitrogen and oxygen atoms in total. The minimum absolute atomic E-state index is 0.180. The molecule has 0 aromatic heterocycles. The van der Waals surface area contributed by atoms with Gasteiger partial charge in [-0.2, -0.15) is 0 Å². The van der Waals surface area contributed by atoms with Gasteiger partial charge in [-0.3, -0.25) is 0 Å². The van der Waals surface area contributed by atoms with Gasteiger partial charge >= 0.3 is 0 Å². The van der Waals surface area contributed by atoms with E-state index in [0.717, 1.165) is 11.1 Å². The van der Waals surface area contributed by atoms with Crippen LogP contribution in [0.25, 0.3) is 0 Å². The molecule has 0 bridgehead atoms. The van der Waals surface area contributed by atoms with Crippen LogP contribution in [0, 0.1) is 5.82 Å². The Morgan fingerprint density at radius 2 is 2.05 bits per heavy atom. The number of halogens is 1. The SMILES string of the molecule is NC1CC(c2cccc(O)c2)Oc2cc(F)ccc21. The number of hydrogen-bond donors (Lipinski definition) is 2. The summed E-state index contributed by atoms with van der Waals surface area (Å²) in [7, 11) is 0. The van der Waals surface area contributed by atoms with E-state index in [1.165, 1.54) is 12.1 Å². The highest BCUT2D eigenvalue weighted by Gasteiger charge is 2.27. The maximum atomic E-state index is 13.3. The zero-order valence-electron chi connectivity index (χ0n) is 10.2. The molecule has 0 spiro atoms. The Morgan fingerprint density at radius 1 is 1.21 bits per heavy atom. The van der Waals surface area contributed by atoms with E-state index >= 15 is 0 Å². The molecule has 0 saturated carbocycles. The second-order valence-corrected chi connectivity index (χ2v) is 4.73. The molecular weight excluding hydrogens is 245 g/mol. The van der Waals surface area contributed by atoms with Crippen molar-refractivity contribution in [1.82, 2.24) is 0 Å². The summed E-state index contributed by atoms with van der Waals surface area (Å²) < 4.78 is 19.0. The van der Waals surface area contributed by atoms with Crippen LogP contribution in [0.2, 0.25) is 0 Å². The van der Waals surface area contributed by atoms with E-state index in [-0.39, 0.29) is 23.7 Å². The Bertz CT molecular complexity index is 615. The molecule has 2 unspecified atom stereocenters. The van der Waals surface area contributed by atoms with Crippen LogP contribution in [-0.2, 0) is 0 Å². The molecule has 3 rings (SSSR count). The first-order valence-corrected chi connectivity index (χ1v) is 6.14. The molecule has 3 N–H and O–H groups in total. The van der Waals surface area contributed by atoms with Gasteiger partial charge in [0.05, 0.1) is 0 Å². The van der Waals surface area contributed by atoms with E-state index in [1.54, 1.807) is 24.3 Å². The summed E-state index contributed by atoms with van der Waals surface area (Å²) in [4.78, 5) is 0. The molecule has 98 valence electrons. The van der Waals surface area contributed by atoms with E-state index in [0.29, 0.717) is 12.2 Å². The zero-order chi connectivity index (χ0) is 13.4. The molecule has 0 fully saturated rings. The van der Waals surface area contributed by atoms with Gasteiger partial charge in [0, 0.05) is 24.1 Å². The molecule has 4 heteroatoms. The van der Waals surface area contributed by atoms with Crippen molar-refractivity contribution < 1.29 is 14.2 Å². The number of benzene rings is 2. The van der Waals surface area contributed by atoms with E-state index in [4.69, 9.17) is 10.5 Å². The second kappa shape index (κ2) is 4.55. The zero-order valence-corrected chi connectivity index (χ0v) is 10.2. The molecule has 1 heterocycles. The molecule has 2 aromatic carbocycles. The first-order valence-electron chi connectivity index (χ1n) is 6.14. The highest BCUT2D eigenvalue weighted by Crippen LogP contribution is 2.40. The van der Waals surface area contributed by atoms with Crippen LogP contribution < -0.4 is 10.5 Å². The molecule has 0 radical (unpaired) electrons. The van der Waals surface area contributed by atoms with Gasteiger partial charge < -0.3 is 15.6 Å². The summed E-state index contributed by atoms with van der Waals surface area (Å²) in [6.07, 6.45) is 0.332. The molecule has 19 heavy (non-hydrogen) atoms. The minimum atomic E-state index is -0.345. The van der Waals surface area contributed by atoms with Crippen LogP contribution in [-0.4, -0.2) is 5.11 Å². The Balaban J connectivity index is 1.96. The quantitative estimate of drug-likeness (QED) is 0.827. The first kappa shape index (κ1) is 12.0. The molecule has 2 atom stereocenters. The predicted octanol–water partition coefficient (Wildman–Crippen LogP) is 3.05. The fourth-order valence-electron chi connectivity index (χ4n) is 2.40. The van der Waals surface area contributed by atoms with Gasteiger partial charge in [-0.1, -0.05) is 18.2 Å². The van der Waals surface area contributed by atoms with Crippen molar-refractivity contribution in [2.75, 3.05) is 0 Å². The standard InChI is InChI=1S/C15H14FNO2/c16-10-4-5-12-13(17)8-14(19-15(12)7-10)9-2-1-3-11(18)6-9/h1-7,13-14,18H,8,17H2. The smallest absolute Gasteiger partial charge is 0.127 e. The normalized spacial score (nSPS) is 21.6. The van der Waals surface area contributed by atoms with Gasteiger partial charge in [-0.15, -0.1) is 0 Å².